The monoisotopic (exact) mass is 255 g/mol. The minimum Gasteiger partial charge on any atom is -0.491 e. The second-order valence-corrected chi connectivity index (χ2v) is 3.88. The highest BCUT2D eigenvalue weighted by atomic mass is 19.1. The largest absolute Gasteiger partial charge is 0.491 e. The van der Waals surface area contributed by atoms with Crippen LogP contribution in [0.15, 0.2) is 18.2 Å². The minimum absolute atomic E-state index is 0.0107. The summed E-state index contributed by atoms with van der Waals surface area (Å²) in [5, 5.41) is 10.4. The molecule has 0 aromatic heterocycles. The van der Waals surface area contributed by atoms with Crippen LogP contribution in [0.3, 0.4) is 0 Å². The summed E-state index contributed by atoms with van der Waals surface area (Å²) < 4.78 is 18.5. The van der Waals surface area contributed by atoms with E-state index in [2.05, 4.69) is 0 Å². The molecule has 0 unspecified atom stereocenters. The molecule has 0 aliphatic heterocycles. The summed E-state index contributed by atoms with van der Waals surface area (Å²) in [6, 6.07) is 3.25. The van der Waals surface area contributed by atoms with Crippen molar-refractivity contribution in [1.29, 1.82) is 0 Å². The summed E-state index contributed by atoms with van der Waals surface area (Å²) in [6.07, 6.45) is 1.80. The van der Waals surface area contributed by atoms with Gasteiger partial charge in [-0.15, -0.1) is 0 Å². The molecule has 0 aliphatic rings. The Labute approximate surface area is 104 Å². The molecule has 6 heteroatoms. The molecular formula is C12H14FNO4. The van der Waals surface area contributed by atoms with E-state index in [9.17, 15) is 19.3 Å². The maximum atomic E-state index is 13.4. The van der Waals surface area contributed by atoms with E-state index in [0.717, 1.165) is 6.07 Å². The average molecular weight is 255 g/mol. The van der Waals surface area contributed by atoms with Crippen molar-refractivity contribution in [3.05, 3.63) is 34.1 Å². The van der Waals surface area contributed by atoms with E-state index in [1.165, 1.54) is 19.1 Å². The van der Waals surface area contributed by atoms with Gasteiger partial charge in [-0.2, -0.15) is 0 Å². The average Bonchev–Trinajstić information content (AvgIpc) is 2.29. The lowest BCUT2D eigenvalue weighted by atomic mass is 10.2. The number of nitro benzene ring substituents is 1. The van der Waals surface area contributed by atoms with Gasteiger partial charge in [-0.25, -0.2) is 4.39 Å². The van der Waals surface area contributed by atoms with Crippen molar-refractivity contribution in [3.8, 4) is 5.75 Å². The molecule has 18 heavy (non-hydrogen) atoms. The van der Waals surface area contributed by atoms with Crippen LogP contribution in [0.2, 0.25) is 0 Å². The summed E-state index contributed by atoms with van der Waals surface area (Å²) in [5.41, 5.74) is -0.309. The van der Waals surface area contributed by atoms with Crippen molar-refractivity contribution in [1.82, 2.24) is 0 Å². The maximum Gasteiger partial charge on any atom is 0.272 e. The van der Waals surface area contributed by atoms with Gasteiger partial charge in [0.1, 0.15) is 5.78 Å². The molecule has 0 heterocycles. The number of carbonyl (C=O) groups is 1. The van der Waals surface area contributed by atoms with E-state index in [1.807, 2.05) is 0 Å². The van der Waals surface area contributed by atoms with Crippen molar-refractivity contribution < 1.29 is 18.8 Å². The van der Waals surface area contributed by atoms with Crippen LogP contribution in [-0.2, 0) is 4.79 Å². The normalized spacial score (nSPS) is 10.1. The third-order valence-electron chi connectivity index (χ3n) is 2.31. The number of unbranched alkanes of at least 4 members (excludes halogenated alkanes) is 1. The Kier molecular flexibility index (Phi) is 5.23. The van der Waals surface area contributed by atoms with E-state index >= 15 is 0 Å². The molecule has 0 bridgehead atoms. The van der Waals surface area contributed by atoms with E-state index < -0.39 is 10.7 Å². The number of ketones is 1. The smallest absolute Gasteiger partial charge is 0.272 e. The van der Waals surface area contributed by atoms with Crippen LogP contribution in [0.5, 0.6) is 5.75 Å². The zero-order valence-electron chi connectivity index (χ0n) is 10.0. The number of Topliss-reactive ketones (excluding diaryl/α,β-unsaturated/α-hetero) is 1. The van der Waals surface area contributed by atoms with Gasteiger partial charge >= 0.3 is 0 Å². The van der Waals surface area contributed by atoms with Crippen LogP contribution >= 0.6 is 0 Å². The fourth-order valence-corrected chi connectivity index (χ4v) is 1.38. The van der Waals surface area contributed by atoms with Gasteiger partial charge in [-0.3, -0.25) is 10.1 Å². The van der Waals surface area contributed by atoms with E-state index in [1.54, 1.807) is 0 Å². The molecule has 0 saturated carbocycles. The van der Waals surface area contributed by atoms with Crippen LogP contribution in [0.25, 0.3) is 0 Å². The summed E-state index contributed by atoms with van der Waals surface area (Å²) >= 11 is 0. The number of hydrogen-bond acceptors (Lipinski definition) is 4. The molecule has 5 nitrogen and oxygen atoms in total. The molecule has 0 saturated heterocycles. The van der Waals surface area contributed by atoms with Gasteiger partial charge in [0.2, 0.25) is 0 Å². The fraction of sp³-hybridized carbons (Fsp3) is 0.417. The molecular weight excluding hydrogens is 241 g/mol. The highest BCUT2D eigenvalue weighted by Crippen LogP contribution is 2.22. The Morgan fingerprint density at radius 3 is 2.72 bits per heavy atom. The van der Waals surface area contributed by atoms with Gasteiger partial charge in [0, 0.05) is 12.5 Å². The SMILES string of the molecule is CC(=O)CCCCOc1ccc([N+](=O)[O-])cc1F. The number of ether oxygens (including phenoxy) is 1. The van der Waals surface area contributed by atoms with Crippen molar-refractivity contribution in [2.75, 3.05) is 6.61 Å². The van der Waals surface area contributed by atoms with Crippen LogP contribution < -0.4 is 4.74 Å². The van der Waals surface area contributed by atoms with Gasteiger partial charge in [0.15, 0.2) is 11.6 Å². The Hall–Kier alpha value is -1.98. The first kappa shape index (κ1) is 14.1. The number of rotatable bonds is 7. The minimum atomic E-state index is -0.754. The third-order valence-corrected chi connectivity index (χ3v) is 2.31. The van der Waals surface area contributed by atoms with Gasteiger partial charge in [0.25, 0.3) is 5.69 Å². The van der Waals surface area contributed by atoms with E-state index in [0.29, 0.717) is 19.3 Å². The molecule has 98 valence electrons. The molecule has 0 radical (unpaired) electrons. The van der Waals surface area contributed by atoms with Gasteiger partial charge < -0.3 is 9.53 Å². The molecule has 0 aliphatic carbocycles. The first-order valence-electron chi connectivity index (χ1n) is 5.57. The summed E-state index contributed by atoms with van der Waals surface area (Å²) in [5.74, 6) is -0.657. The van der Waals surface area contributed by atoms with Crippen molar-refractivity contribution >= 4 is 11.5 Å². The first-order chi connectivity index (χ1) is 8.50. The zero-order valence-corrected chi connectivity index (χ0v) is 10.0. The van der Waals surface area contributed by atoms with E-state index in [4.69, 9.17) is 4.74 Å². The number of nitro groups is 1. The van der Waals surface area contributed by atoms with Crippen LogP contribution in [0, 0.1) is 15.9 Å². The molecule has 1 aromatic rings. The highest BCUT2D eigenvalue weighted by Gasteiger charge is 2.11. The highest BCUT2D eigenvalue weighted by molar-refractivity contribution is 5.75. The lowest BCUT2D eigenvalue weighted by Crippen LogP contribution is -2.01. The Morgan fingerprint density at radius 1 is 1.44 bits per heavy atom. The maximum absolute atomic E-state index is 13.4. The number of halogens is 1. The second kappa shape index (κ2) is 6.68. The molecule has 0 N–H and O–H groups in total. The molecule has 0 amide bonds. The molecule has 0 fully saturated rings. The number of non-ortho nitro benzene ring substituents is 1. The summed E-state index contributed by atoms with van der Waals surface area (Å²) in [7, 11) is 0. The topological polar surface area (TPSA) is 69.4 Å². The molecule has 1 rings (SSSR count). The fourth-order valence-electron chi connectivity index (χ4n) is 1.38. The summed E-state index contributed by atoms with van der Waals surface area (Å²) in [6.45, 7) is 1.79. The number of carbonyl (C=O) groups excluding carboxylic acids is 1. The Bertz CT molecular complexity index is 448. The van der Waals surface area contributed by atoms with Crippen molar-refractivity contribution in [2.45, 2.75) is 26.2 Å². The molecule has 0 spiro atoms. The van der Waals surface area contributed by atoms with Crippen LogP contribution in [0.1, 0.15) is 26.2 Å². The van der Waals surface area contributed by atoms with Gasteiger partial charge in [-0.1, -0.05) is 0 Å². The van der Waals surface area contributed by atoms with Crippen LogP contribution in [-0.4, -0.2) is 17.3 Å². The first-order valence-corrected chi connectivity index (χ1v) is 5.57. The number of benzene rings is 1. The van der Waals surface area contributed by atoms with Crippen molar-refractivity contribution in [3.63, 3.8) is 0 Å². The molecule has 1 aromatic carbocycles. The second-order valence-electron chi connectivity index (χ2n) is 3.88. The zero-order chi connectivity index (χ0) is 13.5. The van der Waals surface area contributed by atoms with E-state index in [-0.39, 0.29) is 23.8 Å². The number of nitrogens with zero attached hydrogens (tertiary/aromatic N) is 1. The predicted molar refractivity (Wildman–Crippen MR) is 63.1 cm³/mol. The van der Waals surface area contributed by atoms with Gasteiger partial charge in [-0.05, 0) is 25.8 Å². The third kappa shape index (κ3) is 4.48. The Balaban J connectivity index is 2.43. The van der Waals surface area contributed by atoms with Crippen molar-refractivity contribution in [2.24, 2.45) is 0 Å². The lowest BCUT2D eigenvalue weighted by molar-refractivity contribution is -0.385. The quantitative estimate of drug-likeness (QED) is 0.426. The van der Waals surface area contributed by atoms with Gasteiger partial charge in [0.05, 0.1) is 17.6 Å². The standard InChI is InChI=1S/C12H14FNO4/c1-9(15)4-2-3-7-18-12-6-5-10(14(16)17)8-11(12)13/h5-6,8H,2-4,7H2,1H3. The summed E-state index contributed by atoms with van der Waals surface area (Å²) in [4.78, 5) is 20.4. The van der Waals surface area contributed by atoms with Crippen LogP contribution in [0.4, 0.5) is 10.1 Å². The lowest BCUT2D eigenvalue weighted by Gasteiger charge is -2.06. The number of hydrogen-bond donors (Lipinski definition) is 0. The predicted octanol–water partition coefficient (Wildman–Crippen LogP) is 2.87. The molecule has 0 atom stereocenters. The Morgan fingerprint density at radius 2 is 2.17 bits per heavy atom.